The number of terminal acetylenes is 1. The fourth-order valence-electron chi connectivity index (χ4n) is 1.93. The maximum Gasteiger partial charge on any atom is 0.208 e. The minimum atomic E-state index is -0.116. The summed E-state index contributed by atoms with van der Waals surface area (Å²) in [6, 6.07) is 9.90. The number of aromatic nitrogens is 1. The van der Waals surface area contributed by atoms with E-state index in [0.717, 1.165) is 5.56 Å². The fraction of sp³-hybridized carbons (Fsp3) is 0.188. The average Bonchev–Trinajstić information content (AvgIpc) is 2.48. The number of benzene rings is 1. The monoisotopic (exact) mass is 453 g/mol. The Morgan fingerprint density at radius 3 is 2.82 bits per heavy atom. The second-order valence-corrected chi connectivity index (χ2v) is 5.43. The summed E-state index contributed by atoms with van der Waals surface area (Å²) in [6.45, 7) is 2.60. The van der Waals surface area contributed by atoms with E-state index in [0.29, 0.717) is 27.5 Å². The summed E-state index contributed by atoms with van der Waals surface area (Å²) in [7, 11) is 0. The molecule has 2 aromatic rings. The van der Waals surface area contributed by atoms with Crippen molar-refractivity contribution in [1.29, 1.82) is 0 Å². The van der Waals surface area contributed by atoms with Crippen molar-refractivity contribution in [3.63, 3.8) is 0 Å². The van der Waals surface area contributed by atoms with E-state index < -0.39 is 0 Å². The smallest absolute Gasteiger partial charge is 0.208 e. The number of nitrogens with zero attached hydrogens (tertiary/aromatic N) is 1. The first-order chi connectivity index (χ1) is 10.1. The number of ether oxygens (including phenoxy) is 1. The molecule has 0 aliphatic rings. The number of halogens is 2. The molecule has 3 nitrogen and oxygen atoms in total. The average molecular weight is 455 g/mol. The molecule has 0 bridgehead atoms. The van der Waals surface area contributed by atoms with E-state index in [-0.39, 0.29) is 44.9 Å². The molecule has 0 aliphatic heterocycles. The molecular formula is C16H12BrClNO2Y-. The molecule has 1 aromatic heterocycles. The summed E-state index contributed by atoms with van der Waals surface area (Å²) in [5.74, 6) is 2.98. The second-order valence-electron chi connectivity index (χ2n) is 4.17. The quantitative estimate of drug-likeness (QED) is 0.520. The van der Waals surface area contributed by atoms with Gasteiger partial charge in [-0.15, -0.1) is 28.4 Å². The van der Waals surface area contributed by atoms with E-state index in [1.54, 1.807) is 28.8 Å². The van der Waals surface area contributed by atoms with Crippen molar-refractivity contribution in [3.8, 4) is 29.4 Å². The molecule has 111 valence electrons. The third-order valence-electron chi connectivity index (χ3n) is 2.89. The van der Waals surface area contributed by atoms with Crippen molar-refractivity contribution in [2.45, 2.75) is 13.5 Å². The van der Waals surface area contributed by atoms with Gasteiger partial charge in [0.25, 0.3) is 0 Å². The predicted molar refractivity (Wildman–Crippen MR) is 87.7 cm³/mol. The first-order valence-electron chi connectivity index (χ1n) is 6.25. The van der Waals surface area contributed by atoms with Crippen molar-refractivity contribution < 1.29 is 37.4 Å². The Kier molecular flexibility index (Phi) is 7.86. The van der Waals surface area contributed by atoms with Crippen LogP contribution in [0.15, 0.2) is 33.5 Å². The Labute approximate surface area is 168 Å². The maximum atomic E-state index is 12.1. The standard InChI is InChI=1S/C16H12BrClNO2.Y/c1-3-9-21-11-5-6-12(14(18)10-11)15-8-7-13(17)16(20)19(15)4-2;/h1,5-7,10H,4,9H2,2H3;/q-1;. The molecule has 0 unspecified atom stereocenters. The topological polar surface area (TPSA) is 31.2 Å². The van der Waals surface area contributed by atoms with Crippen molar-refractivity contribution in [2.24, 2.45) is 0 Å². The molecule has 0 saturated carbocycles. The molecule has 0 saturated heterocycles. The molecule has 2 rings (SSSR count). The number of rotatable bonds is 4. The largest absolute Gasteiger partial charge is 0.481 e. The Bertz CT molecular complexity index is 768. The molecule has 1 aromatic carbocycles. The zero-order chi connectivity index (χ0) is 15.4. The van der Waals surface area contributed by atoms with Gasteiger partial charge in [-0.1, -0.05) is 28.8 Å². The third-order valence-corrected chi connectivity index (χ3v) is 3.77. The molecule has 0 N–H and O–H groups in total. The minimum Gasteiger partial charge on any atom is -0.481 e. The van der Waals surface area contributed by atoms with Crippen molar-refractivity contribution in [3.05, 3.63) is 50.2 Å². The van der Waals surface area contributed by atoms with Crippen LogP contribution in [0.5, 0.6) is 5.75 Å². The van der Waals surface area contributed by atoms with Crippen molar-refractivity contribution >= 4 is 27.5 Å². The Hall–Kier alpha value is -0.596. The Balaban J connectivity index is 0.00000242. The second kappa shape index (κ2) is 8.89. The van der Waals surface area contributed by atoms with E-state index in [4.69, 9.17) is 22.8 Å². The van der Waals surface area contributed by atoms with Crippen molar-refractivity contribution in [1.82, 2.24) is 4.57 Å². The van der Waals surface area contributed by atoms with Crippen LogP contribution in [-0.4, -0.2) is 11.2 Å². The third kappa shape index (κ3) is 4.23. The van der Waals surface area contributed by atoms with E-state index in [1.165, 1.54) is 0 Å². The first kappa shape index (κ1) is 19.5. The fourth-order valence-corrected chi connectivity index (χ4v) is 2.52. The number of pyridine rings is 1. The van der Waals surface area contributed by atoms with Gasteiger partial charge < -0.3 is 9.30 Å². The van der Waals surface area contributed by atoms with Gasteiger partial charge in [-0.25, -0.2) is 0 Å². The molecule has 1 heterocycles. The zero-order valence-electron chi connectivity index (χ0n) is 11.9. The molecule has 0 amide bonds. The number of hydrogen-bond acceptors (Lipinski definition) is 2. The van der Waals surface area contributed by atoms with Gasteiger partial charge in [-0.3, -0.25) is 4.79 Å². The van der Waals surface area contributed by atoms with Gasteiger partial charge in [-0.2, -0.15) is 12.1 Å². The summed E-state index contributed by atoms with van der Waals surface area (Å²) < 4.78 is 7.39. The predicted octanol–water partition coefficient (Wildman–Crippen LogP) is 3.76. The van der Waals surface area contributed by atoms with Crippen LogP contribution >= 0.6 is 27.5 Å². The summed E-state index contributed by atoms with van der Waals surface area (Å²) >= 11 is 9.50. The van der Waals surface area contributed by atoms with E-state index in [9.17, 15) is 4.79 Å². The van der Waals surface area contributed by atoms with Gasteiger partial charge in [0.1, 0.15) is 12.4 Å². The van der Waals surface area contributed by atoms with Crippen LogP contribution in [-0.2, 0) is 39.3 Å². The molecule has 1 radical (unpaired) electrons. The molecule has 0 aliphatic carbocycles. The van der Waals surface area contributed by atoms with E-state index >= 15 is 0 Å². The van der Waals surface area contributed by atoms with Crippen LogP contribution in [0.1, 0.15) is 6.92 Å². The van der Waals surface area contributed by atoms with Gasteiger partial charge in [0, 0.05) is 39.3 Å². The Morgan fingerprint density at radius 2 is 2.23 bits per heavy atom. The number of hydrogen-bond donors (Lipinski definition) is 0. The summed E-state index contributed by atoms with van der Waals surface area (Å²) in [4.78, 5) is 12.1. The molecule has 0 atom stereocenters. The van der Waals surface area contributed by atoms with Crippen LogP contribution < -0.4 is 10.3 Å². The van der Waals surface area contributed by atoms with Gasteiger partial charge in [-0.05, 0) is 28.6 Å². The molecular weight excluding hydrogens is 442 g/mol. The van der Waals surface area contributed by atoms with Gasteiger partial charge in [0.05, 0.1) is 0 Å². The summed E-state index contributed by atoms with van der Waals surface area (Å²) in [6.07, 6.45) is 5.15. The summed E-state index contributed by atoms with van der Waals surface area (Å²) in [5.41, 5.74) is 1.24. The van der Waals surface area contributed by atoms with Crippen LogP contribution in [0, 0.1) is 18.4 Å². The first-order valence-corrected chi connectivity index (χ1v) is 7.42. The summed E-state index contributed by atoms with van der Waals surface area (Å²) in [5, 5.41) is 0.477. The Morgan fingerprint density at radius 1 is 1.50 bits per heavy atom. The van der Waals surface area contributed by atoms with E-state index in [2.05, 4.69) is 27.9 Å². The van der Waals surface area contributed by atoms with Gasteiger partial charge in [0.15, 0.2) is 0 Å². The van der Waals surface area contributed by atoms with Crippen LogP contribution in [0.4, 0.5) is 0 Å². The minimum absolute atomic E-state index is 0. The normalized spacial score (nSPS) is 9.73. The molecule has 6 heteroatoms. The maximum absolute atomic E-state index is 12.1. The molecule has 0 fully saturated rings. The van der Waals surface area contributed by atoms with Crippen molar-refractivity contribution in [2.75, 3.05) is 6.61 Å². The molecule has 22 heavy (non-hydrogen) atoms. The zero-order valence-corrected chi connectivity index (χ0v) is 17.1. The van der Waals surface area contributed by atoms with Gasteiger partial charge in [0.2, 0.25) is 5.56 Å². The van der Waals surface area contributed by atoms with Crippen LogP contribution in [0.25, 0.3) is 11.3 Å². The van der Waals surface area contributed by atoms with Crippen LogP contribution in [0.3, 0.4) is 0 Å². The van der Waals surface area contributed by atoms with Crippen LogP contribution in [0.2, 0.25) is 5.02 Å². The van der Waals surface area contributed by atoms with Gasteiger partial charge >= 0.3 is 0 Å². The SMILES string of the molecule is C#CCOc1ccc(-c2[c-]cc(Br)c(=O)n2CC)c(Cl)c1.[Y]. The van der Waals surface area contributed by atoms with E-state index in [1.807, 2.05) is 6.92 Å². The molecule has 0 spiro atoms.